The molecule has 0 radical (unpaired) electrons. The van der Waals surface area contributed by atoms with Crippen LogP contribution in [0.15, 0.2) is 0 Å². The lowest BCUT2D eigenvalue weighted by Gasteiger charge is -2.52. The van der Waals surface area contributed by atoms with Crippen LogP contribution < -0.4 is 0 Å². The first-order chi connectivity index (χ1) is 7.70. The molecule has 0 saturated carbocycles. The van der Waals surface area contributed by atoms with Crippen LogP contribution >= 0.6 is 0 Å². The second-order valence-corrected chi connectivity index (χ2v) is 6.92. The molecular formula is C13H24O4. The molecule has 17 heavy (non-hydrogen) atoms. The minimum Gasteiger partial charge on any atom is -0.393 e. The number of hydrogen-bond acceptors (Lipinski definition) is 4. The Kier molecular flexibility index (Phi) is 2.86. The summed E-state index contributed by atoms with van der Waals surface area (Å²) in [6.07, 6.45) is 2.31. The monoisotopic (exact) mass is 244 g/mol. The molecule has 0 aromatic carbocycles. The summed E-state index contributed by atoms with van der Waals surface area (Å²) in [5, 5.41) is 30.0. The van der Waals surface area contributed by atoms with Crippen LogP contribution in [-0.4, -0.2) is 45.3 Å². The first-order valence-corrected chi connectivity index (χ1v) is 6.34. The van der Waals surface area contributed by atoms with Crippen molar-refractivity contribution in [1.29, 1.82) is 0 Å². The summed E-state index contributed by atoms with van der Waals surface area (Å²) in [7, 11) is 0. The predicted molar refractivity (Wildman–Crippen MR) is 63.6 cm³/mol. The van der Waals surface area contributed by atoms with E-state index in [0.29, 0.717) is 25.7 Å². The molecule has 100 valence electrons. The van der Waals surface area contributed by atoms with Gasteiger partial charge in [-0.2, -0.15) is 0 Å². The lowest BCUT2D eigenvalue weighted by Crippen LogP contribution is -2.60. The Hall–Kier alpha value is -0.160. The van der Waals surface area contributed by atoms with Crippen LogP contribution in [0.1, 0.15) is 46.5 Å². The van der Waals surface area contributed by atoms with Crippen molar-refractivity contribution in [3.05, 3.63) is 0 Å². The van der Waals surface area contributed by atoms with Gasteiger partial charge in [0.15, 0.2) is 0 Å². The van der Waals surface area contributed by atoms with Crippen LogP contribution in [0.5, 0.6) is 0 Å². The largest absolute Gasteiger partial charge is 0.393 e. The van der Waals surface area contributed by atoms with Crippen LogP contribution in [-0.2, 0) is 4.74 Å². The highest BCUT2D eigenvalue weighted by Crippen LogP contribution is 2.56. The summed E-state index contributed by atoms with van der Waals surface area (Å²) in [5.74, 6) is 0. The minimum absolute atomic E-state index is 0.0901. The molecular weight excluding hydrogens is 220 g/mol. The van der Waals surface area contributed by atoms with Crippen LogP contribution in [0.2, 0.25) is 0 Å². The number of ether oxygens (including phenoxy) is 1. The van der Waals surface area contributed by atoms with E-state index < -0.39 is 16.8 Å². The molecule has 4 heteroatoms. The van der Waals surface area contributed by atoms with Crippen molar-refractivity contribution >= 4 is 0 Å². The molecule has 0 aromatic heterocycles. The summed E-state index contributed by atoms with van der Waals surface area (Å²) in [6, 6.07) is 0. The van der Waals surface area contributed by atoms with Crippen LogP contribution in [0.25, 0.3) is 0 Å². The van der Waals surface area contributed by atoms with Gasteiger partial charge in [0.25, 0.3) is 0 Å². The molecule has 0 aromatic rings. The molecule has 2 aliphatic rings. The van der Waals surface area contributed by atoms with E-state index in [2.05, 4.69) is 0 Å². The van der Waals surface area contributed by atoms with Gasteiger partial charge in [0.05, 0.1) is 30.0 Å². The van der Waals surface area contributed by atoms with Crippen LogP contribution in [0, 0.1) is 5.41 Å². The molecule has 3 atom stereocenters. The zero-order valence-corrected chi connectivity index (χ0v) is 11.0. The standard InChI is InChI=1S/C13H24O4/c1-10(2,3)13(16)6-11(8-14)4-5-12(7-13,9-15)17-11/h14-16H,4-9H2,1-3H3/t11-,12+,13?. The molecule has 2 heterocycles. The third kappa shape index (κ3) is 1.91. The second kappa shape index (κ2) is 3.67. The molecule has 2 bridgehead atoms. The number of fused-ring (bicyclic) bond motifs is 2. The van der Waals surface area contributed by atoms with Crippen molar-refractivity contribution in [3.8, 4) is 0 Å². The highest BCUT2D eigenvalue weighted by molar-refractivity contribution is 5.12. The highest BCUT2D eigenvalue weighted by Gasteiger charge is 2.62. The van der Waals surface area contributed by atoms with E-state index in [-0.39, 0.29) is 18.6 Å². The SMILES string of the molecule is CC(C)(C)C1(O)C[C@]2(CO)CC[C@](CO)(C1)O2. The fourth-order valence-electron chi connectivity index (χ4n) is 3.26. The lowest BCUT2D eigenvalue weighted by atomic mass is 9.66. The van der Waals surface area contributed by atoms with Crippen molar-refractivity contribution in [2.24, 2.45) is 5.41 Å². The molecule has 1 unspecified atom stereocenters. The van der Waals surface area contributed by atoms with Gasteiger partial charge >= 0.3 is 0 Å². The van der Waals surface area contributed by atoms with E-state index in [4.69, 9.17) is 4.74 Å². The van der Waals surface area contributed by atoms with Gasteiger partial charge in [-0.15, -0.1) is 0 Å². The smallest absolute Gasteiger partial charge is 0.0949 e. The third-order valence-corrected chi connectivity index (χ3v) is 4.67. The van der Waals surface area contributed by atoms with Crippen LogP contribution in [0.4, 0.5) is 0 Å². The van der Waals surface area contributed by atoms with Gasteiger partial charge in [0, 0.05) is 12.8 Å². The average molecular weight is 244 g/mol. The Morgan fingerprint density at radius 1 is 1.00 bits per heavy atom. The molecule has 3 N–H and O–H groups in total. The third-order valence-electron chi connectivity index (χ3n) is 4.67. The molecule has 0 amide bonds. The number of aliphatic hydroxyl groups is 3. The summed E-state index contributed by atoms with van der Waals surface area (Å²) >= 11 is 0. The van der Waals surface area contributed by atoms with Crippen molar-refractivity contribution in [1.82, 2.24) is 0 Å². The Balaban J connectivity index is 2.36. The first kappa shape index (κ1) is 13.3. The summed E-state index contributed by atoms with van der Waals surface area (Å²) < 4.78 is 5.90. The lowest BCUT2D eigenvalue weighted by molar-refractivity contribution is -0.251. The molecule has 0 aliphatic carbocycles. The Morgan fingerprint density at radius 3 is 1.71 bits per heavy atom. The summed E-state index contributed by atoms with van der Waals surface area (Å²) in [4.78, 5) is 0. The molecule has 4 nitrogen and oxygen atoms in total. The van der Waals surface area contributed by atoms with Gasteiger partial charge < -0.3 is 20.1 Å². The minimum atomic E-state index is -0.896. The summed E-state index contributed by atoms with van der Waals surface area (Å²) in [5.41, 5.74) is -2.51. The van der Waals surface area contributed by atoms with E-state index in [9.17, 15) is 15.3 Å². The van der Waals surface area contributed by atoms with Crippen molar-refractivity contribution in [3.63, 3.8) is 0 Å². The van der Waals surface area contributed by atoms with Gasteiger partial charge in [-0.1, -0.05) is 20.8 Å². The van der Waals surface area contributed by atoms with E-state index in [1.54, 1.807) is 0 Å². The molecule has 2 aliphatic heterocycles. The number of rotatable bonds is 2. The first-order valence-electron chi connectivity index (χ1n) is 6.34. The molecule has 0 spiro atoms. The molecule has 2 saturated heterocycles. The zero-order chi connectivity index (χ0) is 12.9. The Bertz CT molecular complexity index is 289. The van der Waals surface area contributed by atoms with Gasteiger partial charge in [0.1, 0.15) is 0 Å². The predicted octanol–water partition coefficient (Wildman–Crippen LogP) is 0.830. The second-order valence-electron chi connectivity index (χ2n) is 6.92. The normalized spacial score (nSPS) is 46.2. The quantitative estimate of drug-likeness (QED) is 0.673. The number of aliphatic hydroxyl groups excluding tert-OH is 2. The van der Waals surface area contributed by atoms with Crippen LogP contribution in [0.3, 0.4) is 0 Å². The van der Waals surface area contributed by atoms with Gasteiger partial charge in [0.2, 0.25) is 0 Å². The molecule has 2 fully saturated rings. The van der Waals surface area contributed by atoms with E-state index in [1.165, 1.54) is 0 Å². The maximum atomic E-state index is 10.9. The van der Waals surface area contributed by atoms with Gasteiger partial charge in [-0.25, -0.2) is 0 Å². The van der Waals surface area contributed by atoms with Gasteiger partial charge in [-0.3, -0.25) is 0 Å². The zero-order valence-electron chi connectivity index (χ0n) is 11.0. The van der Waals surface area contributed by atoms with Crippen molar-refractivity contribution in [2.75, 3.05) is 13.2 Å². The topological polar surface area (TPSA) is 69.9 Å². The fraction of sp³-hybridized carbons (Fsp3) is 1.00. The highest BCUT2D eigenvalue weighted by atomic mass is 16.6. The van der Waals surface area contributed by atoms with E-state index >= 15 is 0 Å². The fourth-order valence-corrected chi connectivity index (χ4v) is 3.26. The van der Waals surface area contributed by atoms with Crippen molar-refractivity contribution in [2.45, 2.75) is 63.3 Å². The van der Waals surface area contributed by atoms with E-state index in [0.717, 1.165) is 0 Å². The van der Waals surface area contributed by atoms with Gasteiger partial charge in [-0.05, 0) is 18.3 Å². The summed E-state index contributed by atoms with van der Waals surface area (Å²) in [6.45, 7) is 5.80. The van der Waals surface area contributed by atoms with E-state index in [1.807, 2.05) is 20.8 Å². The maximum Gasteiger partial charge on any atom is 0.0949 e. The average Bonchev–Trinajstić information content (AvgIpc) is 2.52. The maximum absolute atomic E-state index is 10.9. The van der Waals surface area contributed by atoms with Crippen molar-refractivity contribution < 1.29 is 20.1 Å². The Morgan fingerprint density at radius 2 is 1.41 bits per heavy atom. The number of hydrogen-bond donors (Lipinski definition) is 3. The molecule has 2 rings (SSSR count). The Labute approximate surface area is 103 Å².